The van der Waals surface area contributed by atoms with Crippen LogP contribution in [0.1, 0.15) is 32.6 Å². The van der Waals surface area contributed by atoms with E-state index in [4.69, 9.17) is 27.9 Å². The third kappa shape index (κ3) is 3.50. The van der Waals surface area contributed by atoms with Crippen molar-refractivity contribution in [1.29, 1.82) is 0 Å². The number of rotatable bonds is 3. The van der Waals surface area contributed by atoms with Gasteiger partial charge in [0.2, 0.25) is 0 Å². The predicted octanol–water partition coefficient (Wildman–Crippen LogP) is 4.40. The number of carbonyl (C=O) groups excluding carboxylic acids is 1. The summed E-state index contributed by atoms with van der Waals surface area (Å²) in [5.41, 5.74) is -3.19. The van der Waals surface area contributed by atoms with Crippen molar-refractivity contribution in [2.24, 2.45) is 11.0 Å². The minimum Gasteiger partial charge on any atom is -0.479 e. The van der Waals surface area contributed by atoms with Crippen LogP contribution >= 0.6 is 23.2 Å². The zero-order valence-electron chi connectivity index (χ0n) is 14.3. The highest BCUT2D eigenvalue weighted by Crippen LogP contribution is 2.48. The van der Waals surface area contributed by atoms with Crippen molar-refractivity contribution < 1.29 is 27.8 Å². The Labute approximate surface area is 163 Å². The van der Waals surface area contributed by atoms with Crippen molar-refractivity contribution in [1.82, 2.24) is 5.01 Å². The number of benzene rings is 1. The fourth-order valence-corrected chi connectivity index (χ4v) is 3.87. The first kappa shape index (κ1) is 20.2. The van der Waals surface area contributed by atoms with Gasteiger partial charge in [-0.05, 0) is 44.4 Å². The first-order valence-corrected chi connectivity index (χ1v) is 9.13. The molecule has 0 radical (unpaired) electrons. The van der Waals surface area contributed by atoms with E-state index in [0.29, 0.717) is 24.3 Å². The summed E-state index contributed by atoms with van der Waals surface area (Å²) < 4.78 is 46.6. The number of alkyl halides is 3. The molecule has 1 amide bonds. The average Bonchev–Trinajstić information content (AvgIpc) is 2.91. The minimum atomic E-state index is -5.06. The number of amides is 1. The first-order valence-electron chi connectivity index (χ1n) is 8.38. The van der Waals surface area contributed by atoms with Crippen LogP contribution in [-0.4, -0.2) is 39.7 Å². The van der Waals surface area contributed by atoms with Gasteiger partial charge < -0.3 is 9.84 Å². The molecule has 0 aromatic heterocycles. The van der Waals surface area contributed by atoms with E-state index < -0.39 is 29.8 Å². The Morgan fingerprint density at radius 3 is 2.74 bits per heavy atom. The summed E-state index contributed by atoms with van der Waals surface area (Å²) in [6.07, 6.45) is -4.81. The molecule has 1 aromatic carbocycles. The quantitative estimate of drug-likeness (QED) is 0.781. The van der Waals surface area contributed by atoms with Gasteiger partial charge in [0.1, 0.15) is 5.75 Å². The van der Waals surface area contributed by atoms with Crippen LogP contribution in [0.25, 0.3) is 0 Å². The number of hydrogen-bond acceptors (Lipinski definition) is 4. The average molecular weight is 425 g/mol. The monoisotopic (exact) mass is 424 g/mol. The van der Waals surface area contributed by atoms with Crippen molar-refractivity contribution >= 4 is 34.8 Å². The van der Waals surface area contributed by atoms with Crippen LogP contribution in [0, 0.1) is 5.92 Å². The smallest absolute Gasteiger partial charge is 0.439 e. The van der Waals surface area contributed by atoms with Crippen LogP contribution in [0.4, 0.5) is 13.2 Å². The molecule has 0 saturated heterocycles. The molecule has 3 rings (SSSR count). The van der Waals surface area contributed by atoms with Gasteiger partial charge in [0.05, 0.1) is 10.9 Å². The summed E-state index contributed by atoms with van der Waals surface area (Å²) in [5, 5.41) is 14.9. The van der Waals surface area contributed by atoms with E-state index in [1.165, 1.54) is 25.1 Å². The third-order valence-electron chi connectivity index (χ3n) is 4.79. The molecule has 1 aliphatic carbocycles. The van der Waals surface area contributed by atoms with Gasteiger partial charge >= 0.3 is 6.18 Å². The second-order valence-electron chi connectivity index (χ2n) is 6.60. The molecule has 1 aliphatic heterocycles. The highest BCUT2D eigenvalue weighted by atomic mass is 35.5. The second kappa shape index (κ2) is 7.14. The van der Waals surface area contributed by atoms with Gasteiger partial charge in [-0.2, -0.15) is 23.3 Å². The van der Waals surface area contributed by atoms with Gasteiger partial charge in [0, 0.05) is 10.7 Å². The molecular weight excluding hydrogens is 408 g/mol. The normalized spacial score (nSPS) is 26.4. The molecular formula is C17H17Cl2F3N2O3. The zero-order valence-corrected chi connectivity index (χ0v) is 15.8. The third-order valence-corrected chi connectivity index (χ3v) is 5.32. The highest BCUT2D eigenvalue weighted by Gasteiger charge is 2.68. The summed E-state index contributed by atoms with van der Waals surface area (Å²) >= 11 is 11.8. The van der Waals surface area contributed by atoms with Gasteiger partial charge in [-0.25, -0.2) is 0 Å². The van der Waals surface area contributed by atoms with Crippen molar-refractivity contribution in [2.75, 3.05) is 0 Å². The lowest BCUT2D eigenvalue weighted by Crippen LogP contribution is -2.62. The summed E-state index contributed by atoms with van der Waals surface area (Å²) in [6.45, 7) is 1.27. The standard InChI is InChI=1S/C17H17Cl2F3N2O3/c1-9(27-14-7-6-10(18)8-12(14)19)15(25)24-16(26,17(20,21)22)11-4-2-3-5-13(11)23-24/h6-9,11,26H,2-5H2,1H3/t9-,11+,16+/m0/s1. The van der Waals surface area contributed by atoms with Crippen LogP contribution in [0.2, 0.25) is 10.0 Å². The Morgan fingerprint density at radius 1 is 1.41 bits per heavy atom. The summed E-state index contributed by atoms with van der Waals surface area (Å²) in [7, 11) is 0. The number of aliphatic hydroxyl groups is 1. The Bertz CT molecular complexity index is 787. The Balaban J connectivity index is 1.88. The molecule has 1 saturated carbocycles. The highest BCUT2D eigenvalue weighted by molar-refractivity contribution is 6.35. The van der Waals surface area contributed by atoms with Crippen LogP contribution in [0.5, 0.6) is 5.75 Å². The first-order chi connectivity index (χ1) is 12.6. The SMILES string of the molecule is C[C@H](Oc1ccc(Cl)cc1Cl)C(=O)N1N=C2CCCC[C@H]2[C@@]1(O)C(F)(F)F. The van der Waals surface area contributed by atoms with Crippen molar-refractivity contribution in [3.63, 3.8) is 0 Å². The van der Waals surface area contributed by atoms with Gasteiger partial charge in [0.15, 0.2) is 6.10 Å². The van der Waals surface area contributed by atoms with Crippen LogP contribution in [0.15, 0.2) is 23.3 Å². The molecule has 1 fully saturated rings. The second-order valence-corrected chi connectivity index (χ2v) is 7.44. The summed E-state index contributed by atoms with van der Waals surface area (Å²) in [5.74, 6) is -2.29. The lowest BCUT2D eigenvalue weighted by Gasteiger charge is -2.38. The molecule has 3 atom stereocenters. The fraction of sp³-hybridized carbons (Fsp3) is 0.529. The molecule has 27 heavy (non-hydrogen) atoms. The molecule has 0 bridgehead atoms. The summed E-state index contributed by atoms with van der Waals surface area (Å²) in [6, 6.07) is 4.25. The van der Waals surface area contributed by atoms with Crippen molar-refractivity contribution in [2.45, 2.75) is 50.6 Å². The van der Waals surface area contributed by atoms with E-state index in [9.17, 15) is 23.1 Å². The van der Waals surface area contributed by atoms with Gasteiger partial charge in [-0.3, -0.25) is 4.79 Å². The number of nitrogens with zero attached hydrogens (tertiary/aromatic N) is 2. The minimum absolute atomic E-state index is 0.0849. The lowest BCUT2D eigenvalue weighted by molar-refractivity contribution is -0.318. The maximum Gasteiger partial charge on any atom is 0.439 e. The van der Waals surface area contributed by atoms with Gasteiger partial charge in [0.25, 0.3) is 11.6 Å². The fourth-order valence-electron chi connectivity index (χ4n) is 3.42. The molecule has 2 aliphatic rings. The van der Waals surface area contributed by atoms with Crippen molar-refractivity contribution in [3.8, 4) is 5.75 Å². The number of carbonyl (C=O) groups is 1. The number of halogens is 5. The molecule has 1 aromatic rings. The Morgan fingerprint density at radius 2 is 2.11 bits per heavy atom. The van der Waals surface area contributed by atoms with Crippen LogP contribution in [0.3, 0.4) is 0 Å². The van der Waals surface area contributed by atoms with Crippen molar-refractivity contribution in [3.05, 3.63) is 28.2 Å². The van der Waals surface area contributed by atoms with Gasteiger partial charge in [-0.15, -0.1) is 0 Å². The number of fused-ring (bicyclic) bond motifs is 1. The number of hydrazone groups is 1. The van der Waals surface area contributed by atoms with E-state index in [0.717, 1.165) is 0 Å². The van der Waals surface area contributed by atoms with E-state index >= 15 is 0 Å². The molecule has 0 spiro atoms. The van der Waals surface area contributed by atoms with E-state index in [1.807, 2.05) is 0 Å². The molecule has 10 heteroatoms. The number of ether oxygens (including phenoxy) is 1. The Hall–Kier alpha value is -1.51. The van der Waals surface area contributed by atoms with Crippen LogP contribution < -0.4 is 4.74 Å². The molecule has 0 unspecified atom stereocenters. The maximum atomic E-state index is 13.7. The lowest BCUT2D eigenvalue weighted by atomic mass is 9.80. The van der Waals surface area contributed by atoms with Crippen LogP contribution in [-0.2, 0) is 4.79 Å². The topological polar surface area (TPSA) is 62.1 Å². The maximum absolute atomic E-state index is 13.7. The molecule has 1 heterocycles. The molecule has 148 valence electrons. The van der Waals surface area contributed by atoms with E-state index in [2.05, 4.69) is 5.10 Å². The predicted molar refractivity (Wildman–Crippen MR) is 93.8 cm³/mol. The molecule has 5 nitrogen and oxygen atoms in total. The largest absolute Gasteiger partial charge is 0.479 e. The zero-order chi connectivity index (χ0) is 20.0. The summed E-state index contributed by atoms with van der Waals surface area (Å²) in [4.78, 5) is 12.7. The Kier molecular flexibility index (Phi) is 5.35. The van der Waals surface area contributed by atoms with Gasteiger partial charge in [-0.1, -0.05) is 29.6 Å². The number of hydrogen-bond donors (Lipinski definition) is 1. The van der Waals surface area contributed by atoms with E-state index in [-0.39, 0.29) is 27.9 Å². The van der Waals surface area contributed by atoms with E-state index in [1.54, 1.807) is 0 Å². The molecule has 1 N–H and O–H groups in total.